The molecule has 0 aliphatic heterocycles. The summed E-state index contributed by atoms with van der Waals surface area (Å²) in [7, 11) is 0. The Labute approximate surface area is 113 Å². The Morgan fingerprint density at radius 1 is 1.00 bits per heavy atom. The number of H-pyrrole nitrogens is 1. The fourth-order valence-electron chi connectivity index (χ4n) is 2.20. The van der Waals surface area contributed by atoms with Crippen molar-refractivity contribution >= 4 is 10.9 Å². The molecule has 19 heavy (non-hydrogen) atoms. The third-order valence-corrected chi connectivity index (χ3v) is 3.24. The third kappa shape index (κ3) is 2.63. The molecule has 3 aromatic rings. The van der Waals surface area contributed by atoms with Crippen LogP contribution in [0.3, 0.4) is 0 Å². The second-order valence-electron chi connectivity index (χ2n) is 4.60. The number of hydrogen-bond donors (Lipinski definition) is 1. The summed E-state index contributed by atoms with van der Waals surface area (Å²) >= 11 is 0. The van der Waals surface area contributed by atoms with E-state index in [2.05, 4.69) is 36.3 Å². The van der Waals surface area contributed by atoms with Crippen molar-refractivity contribution in [2.24, 2.45) is 0 Å². The van der Waals surface area contributed by atoms with Gasteiger partial charge in [0.1, 0.15) is 5.75 Å². The highest BCUT2D eigenvalue weighted by atomic mass is 16.5. The Hall–Kier alpha value is -2.22. The average Bonchev–Trinajstić information content (AvgIpc) is 2.85. The molecule has 95 valence electrons. The van der Waals surface area contributed by atoms with E-state index in [-0.39, 0.29) is 0 Å². The molecule has 1 heterocycles. The van der Waals surface area contributed by atoms with Crippen LogP contribution in [-0.4, -0.2) is 11.6 Å². The molecule has 0 amide bonds. The third-order valence-electron chi connectivity index (χ3n) is 3.24. The van der Waals surface area contributed by atoms with Crippen LogP contribution in [0, 0.1) is 6.92 Å². The van der Waals surface area contributed by atoms with Crippen molar-refractivity contribution < 1.29 is 4.74 Å². The highest BCUT2D eigenvalue weighted by molar-refractivity contribution is 5.83. The van der Waals surface area contributed by atoms with Gasteiger partial charge in [-0.1, -0.05) is 30.3 Å². The molecule has 2 heteroatoms. The largest absolute Gasteiger partial charge is 0.493 e. The minimum absolute atomic E-state index is 0.679. The van der Waals surface area contributed by atoms with Gasteiger partial charge in [0.15, 0.2) is 0 Å². The highest BCUT2D eigenvalue weighted by Crippen LogP contribution is 2.18. The molecule has 1 radical (unpaired) electrons. The smallest absolute Gasteiger partial charge is 0.119 e. The maximum Gasteiger partial charge on any atom is 0.119 e. The van der Waals surface area contributed by atoms with E-state index in [0.717, 1.165) is 17.7 Å². The van der Waals surface area contributed by atoms with Gasteiger partial charge in [-0.05, 0) is 36.2 Å². The van der Waals surface area contributed by atoms with Crippen LogP contribution in [0.2, 0.25) is 0 Å². The lowest BCUT2D eigenvalue weighted by Gasteiger charge is -2.05. The molecule has 0 aliphatic carbocycles. The Morgan fingerprint density at radius 3 is 2.63 bits per heavy atom. The van der Waals surface area contributed by atoms with Crippen molar-refractivity contribution in [1.29, 1.82) is 0 Å². The number of ether oxygens (including phenoxy) is 1. The summed E-state index contributed by atoms with van der Waals surface area (Å²) in [5, 5.41) is 1.28. The van der Waals surface area contributed by atoms with Crippen LogP contribution in [0.1, 0.15) is 11.1 Å². The van der Waals surface area contributed by atoms with Gasteiger partial charge in [-0.25, -0.2) is 0 Å². The van der Waals surface area contributed by atoms with Crippen molar-refractivity contribution in [3.63, 3.8) is 0 Å². The second-order valence-corrected chi connectivity index (χ2v) is 4.60. The van der Waals surface area contributed by atoms with E-state index >= 15 is 0 Å². The Balaban J connectivity index is 1.65. The van der Waals surface area contributed by atoms with Crippen molar-refractivity contribution in [3.05, 3.63) is 72.8 Å². The highest BCUT2D eigenvalue weighted by Gasteiger charge is 2.02. The van der Waals surface area contributed by atoms with Crippen molar-refractivity contribution in [1.82, 2.24) is 4.98 Å². The lowest BCUT2D eigenvalue weighted by Crippen LogP contribution is -2.00. The molecule has 0 bridgehead atoms. The van der Waals surface area contributed by atoms with Crippen molar-refractivity contribution in [2.75, 3.05) is 6.61 Å². The summed E-state index contributed by atoms with van der Waals surface area (Å²) in [6.07, 6.45) is 2.96. The van der Waals surface area contributed by atoms with E-state index in [1.165, 1.54) is 16.5 Å². The quantitative estimate of drug-likeness (QED) is 0.744. The summed E-state index contributed by atoms with van der Waals surface area (Å²) in [4.78, 5) is 3.28. The van der Waals surface area contributed by atoms with Crippen LogP contribution in [-0.2, 0) is 6.42 Å². The van der Waals surface area contributed by atoms with E-state index in [4.69, 9.17) is 4.74 Å². The van der Waals surface area contributed by atoms with Crippen LogP contribution < -0.4 is 4.74 Å². The topological polar surface area (TPSA) is 25.0 Å². The number of benzene rings is 2. The fraction of sp³-hybridized carbons (Fsp3) is 0.118. The van der Waals surface area contributed by atoms with Gasteiger partial charge in [-0.3, -0.25) is 0 Å². The van der Waals surface area contributed by atoms with Crippen LogP contribution in [0.25, 0.3) is 10.9 Å². The normalized spacial score (nSPS) is 10.8. The fourth-order valence-corrected chi connectivity index (χ4v) is 2.20. The first-order chi connectivity index (χ1) is 9.33. The molecule has 0 spiro atoms. The zero-order chi connectivity index (χ0) is 13.1. The standard InChI is InChI=1S/C17H16NO/c1-13-6-8-15(9-7-13)19-11-10-14-12-18-17-5-3-2-4-16(14)17/h2-9,12,18H,1,10-11H2. The van der Waals surface area contributed by atoms with Crippen LogP contribution in [0.5, 0.6) is 5.75 Å². The molecule has 0 aliphatic rings. The zero-order valence-corrected chi connectivity index (χ0v) is 10.7. The van der Waals surface area contributed by atoms with E-state index < -0.39 is 0 Å². The van der Waals surface area contributed by atoms with Gasteiger partial charge < -0.3 is 9.72 Å². The molecular formula is C17H16NO. The van der Waals surface area contributed by atoms with E-state index in [0.29, 0.717) is 6.61 Å². The van der Waals surface area contributed by atoms with Gasteiger partial charge >= 0.3 is 0 Å². The molecule has 0 saturated heterocycles. The molecule has 2 aromatic carbocycles. The van der Waals surface area contributed by atoms with E-state index in [1.54, 1.807) is 0 Å². The van der Waals surface area contributed by atoms with Gasteiger partial charge in [0.05, 0.1) is 6.61 Å². The monoisotopic (exact) mass is 250 g/mol. The number of nitrogens with one attached hydrogen (secondary N) is 1. The van der Waals surface area contributed by atoms with Crippen molar-refractivity contribution in [2.45, 2.75) is 6.42 Å². The predicted octanol–water partition coefficient (Wildman–Crippen LogP) is 3.97. The molecule has 0 unspecified atom stereocenters. The number of para-hydroxylation sites is 1. The molecular weight excluding hydrogens is 234 g/mol. The minimum Gasteiger partial charge on any atom is -0.493 e. The number of rotatable bonds is 4. The maximum atomic E-state index is 5.74. The minimum atomic E-state index is 0.679. The van der Waals surface area contributed by atoms with Crippen LogP contribution in [0.4, 0.5) is 0 Å². The van der Waals surface area contributed by atoms with E-state index in [9.17, 15) is 0 Å². The SMILES string of the molecule is [CH2]c1ccc(OCCc2c[nH]c3ccccc23)cc1. The predicted molar refractivity (Wildman–Crippen MR) is 78.4 cm³/mol. The molecule has 0 fully saturated rings. The molecule has 0 atom stereocenters. The zero-order valence-electron chi connectivity index (χ0n) is 10.7. The lowest BCUT2D eigenvalue weighted by molar-refractivity contribution is 0.322. The van der Waals surface area contributed by atoms with Gasteiger partial charge in [0.25, 0.3) is 0 Å². The van der Waals surface area contributed by atoms with E-state index in [1.807, 2.05) is 30.3 Å². The Morgan fingerprint density at radius 2 is 1.79 bits per heavy atom. The average molecular weight is 250 g/mol. The summed E-state index contributed by atoms with van der Waals surface area (Å²) in [6.45, 7) is 4.54. The molecule has 1 N–H and O–H groups in total. The summed E-state index contributed by atoms with van der Waals surface area (Å²) in [5.74, 6) is 0.896. The van der Waals surface area contributed by atoms with Crippen LogP contribution >= 0.6 is 0 Å². The summed E-state index contributed by atoms with van der Waals surface area (Å²) in [5.41, 5.74) is 3.48. The lowest BCUT2D eigenvalue weighted by atomic mass is 10.1. The first kappa shape index (κ1) is 11.8. The van der Waals surface area contributed by atoms with Gasteiger partial charge in [-0.2, -0.15) is 0 Å². The number of aromatic nitrogens is 1. The second kappa shape index (κ2) is 5.19. The number of hydrogen-bond acceptors (Lipinski definition) is 1. The Bertz CT molecular complexity index is 667. The number of fused-ring (bicyclic) bond motifs is 1. The van der Waals surface area contributed by atoms with Crippen LogP contribution in [0.15, 0.2) is 54.7 Å². The first-order valence-corrected chi connectivity index (χ1v) is 6.43. The first-order valence-electron chi connectivity index (χ1n) is 6.43. The van der Waals surface area contributed by atoms with Crippen molar-refractivity contribution in [3.8, 4) is 5.75 Å². The summed E-state index contributed by atoms with van der Waals surface area (Å²) < 4.78 is 5.74. The molecule has 2 nitrogen and oxygen atoms in total. The van der Waals surface area contributed by atoms with Gasteiger partial charge in [-0.15, -0.1) is 0 Å². The maximum absolute atomic E-state index is 5.74. The van der Waals surface area contributed by atoms with Gasteiger partial charge in [0.2, 0.25) is 0 Å². The number of aromatic amines is 1. The summed E-state index contributed by atoms with van der Waals surface area (Å²) in [6, 6.07) is 16.2. The van der Waals surface area contributed by atoms with Gasteiger partial charge in [0, 0.05) is 23.5 Å². The Kier molecular flexibility index (Phi) is 3.23. The molecule has 3 rings (SSSR count). The molecule has 0 saturated carbocycles. The molecule has 1 aromatic heterocycles.